The number of rotatable bonds is 7. The van der Waals surface area contributed by atoms with Crippen LogP contribution in [-0.4, -0.2) is 37.6 Å². The van der Waals surface area contributed by atoms with Crippen LogP contribution in [0.2, 0.25) is 5.02 Å². The lowest BCUT2D eigenvalue weighted by atomic mass is 9.93. The maximum Gasteiger partial charge on any atom is 0.316 e. The van der Waals surface area contributed by atoms with Gasteiger partial charge >= 0.3 is 12.0 Å². The summed E-state index contributed by atoms with van der Waals surface area (Å²) in [5.41, 5.74) is 6.63. The lowest BCUT2D eigenvalue weighted by molar-refractivity contribution is -0.136. The molecule has 0 fully saturated rings. The van der Waals surface area contributed by atoms with E-state index in [4.69, 9.17) is 21.3 Å². The predicted octanol–water partition coefficient (Wildman–Crippen LogP) is 6.47. The number of carbonyl (C=O) groups is 1. The first-order valence-electron chi connectivity index (χ1n) is 11.3. The highest BCUT2D eigenvalue weighted by Gasteiger charge is 2.20. The van der Waals surface area contributed by atoms with Gasteiger partial charge in [0.1, 0.15) is 5.01 Å². The van der Waals surface area contributed by atoms with Crippen molar-refractivity contribution in [1.82, 2.24) is 19.9 Å². The van der Waals surface area contributed by atoms with Gasteiger partial charge in [-0.1, -0.05) is 23.7 Å². The normalized spacial score (nSPS) is 11.1. The third-order valence-electron chi connectivity index (χ3n) is 5.68. The van der Waals surface area contributed by atoms with Crippen LogP contribution in [0.4, 0.5) is 0 Å². The minimum absolute atomic E-state index is 0.0793. The Kier molecular flexibility index (Phi) is 6.63. The molecule has 5 rings (SSSR count). The zero-order chi connectivity index (χ0) is 25.2. The van der Waals surface area contributed by atoms with Gasteiger partial charge in [0.15, 0.2) is 0 Å². The van der Waals surface area contributed by atoms with E-state index in [1.165, 1.54) is 11.3 Å². The van der Waals surface area contributed by atoms with Crippen LogP contribution in [0.3, 0.4) is 0 Å². The summed E-state index contributed by atoms with van der Waals surface area (Å²) in [6, 6.07) is 13.6. The van der Waals surface area contributed by atoms with Crippen molar-refractivity contribution in [2.45, 2.75) is 20.3 Å². The third kappa shape index (κ3) is 4.78. The molecule has 0 bridgehead atoms. The first-order valence-corrected chi connectivity index (χ1v) is 12.4. The molecule has 0 aliphatic rings. The molecule has 0 radical (unpaired) electrons. The van der Waals surface area contributed by atoms with E-state index in [1.54, 1.807) is 18.6 Å². The largest absolute Gasteiger partial charge is 0.481 e. The van der Waals surface area contributed by atoms with Crippen LogP contribution in [-0.2, 0) is 11.2 Å². The molecular formula is C27H21ClN4O3S. The third-order valence-corrected chi connectivity index (χ3v) is 7.07. The van der Waals surface area contributed by atoms with Crippen LogP contribution in [0, 0.1) is 6.92 Å². The van der Waals surface area contributed by atoms with E-state index in [9.17, 15) is 9.90 Å². The number of aryl methyl sites for hydroxylation is 1. The second kappa shape index (κ2) is 10.0. The van der Waals surface area contributed by atoms with Crippen molar-refractivity contribution < 1.29 is 14.6 Å². The lowest BCUT2D eigenvalue weighted by Crippen LogP contribution is -2.04. The first-order chi connectivity index (χ1) is 17.4. The number of carboxylic acids is 1. The molecular weight excluding hydrogens is 496 g/mol. The zero-order valence-electron chi connectivity index (χ0n) is 19.5. The molecule has 0 aliphatic heterocycles. The molecule has 0 spiro atoms. The van der Waals surface area contributed by atoms with Crippen molar-refractivity contribution in [2.24, 2.45) is 0 Å². The molecule has 2 aromatic carbocycles. The molecule has 180 valence electrons. The summed E-state index contributed by atoms with van der Waals surface area (Å²) in [5.74, 6) is -0.881. The standard InChI is InChI=1S/C27H21ClN4O3S/c1-3-35-27-30-13-18(14-31-27)21-11-17(8-9-29-21)26-32-22-10-15(2)20(12-23(33)34)24(25(22)36-26)16-4-6-19(28)7-5-16/h4-11,13-14H,3,12H2,1-2H3,(H,33,34). The number of hydrogen-bond donors (Lipinski definition) is 1. The van der Waals surface area contributed by atoms with Gasteiger partial charge in [-0.2, -0.15) is 0 Å². The number of nitrogens with zero attached hydrogens (tertiary/aromatic N) is 4. The van der Waals surface area contributed by atoms with Crippen molar-refractivity contribution in [3.63, 3.8) is 0 Å². The summed E-state index contributed by atoms with van der Waals surface area (Å²) in [6.07, 6.45) is 5.02. The number of benzene rings is 2. The molecule has 1 N–H and O–H groups in total. The molecule has 0 amide bonds. The molecule has 3 aromatic heterocycles. The first kappa shape index (κ1) is 23.8. The molecule has 0 aliphatic carbocycles. The number of hydrogen-bond acceptors (Lipinski definition) is 7. The van der Waals surface area contributed by atoms with Crippen molar-refractivity contribution in [2.75, 3.05) is 6.61 Å². The summed E-state index contributed by atoms with van der Waals surface area (Å²) in [4.78, 5) is 29.5. The number of halogens is 1. The van der Waals surface area contributed by atoms with E-state index in [0.717, 1.165) is 54.3 Å². The Morgan fingerprint density at radius 2 is 1.78 bits per heavy atom. The maximum absolute atomic E-state index is 11.7. The molecule has 3 heterocycles. The van der Waals surface area contributed by atoms with E-state index in [1.807, 2.05) is 56.3 Å². The lowest BCUT2D eigenvalue weighted by Gasteiger charge is -2.13. The van der Waals surface area contributed by atoms with Crippen LogP contribution < -0.4 is 4.74 Å². The van der Waals surface area contributed by atoms with E-state index in [0.29, 0.717) is 17.6 Å². The highest BCUT2D eigenvalue weighted by Crippen LogP contribution is 2.41. The van der Waals surface area contributed by atoms with Crippen molar-refractivity contribution in [1.29, 1.82) is 0 Å². The Balaban J connectivity index is 1.63. The summed E-state index contributed by atoms with van der Waals surface area (Å²) >= 11 is 7.64. The van der Waals surface area contributed by atoms with E-state index >= 15 is 0 Å². The van der Waals surface area contributed by atoms with Gasteiger partial charge in [0.05, 0.1) is 28.9 Å². The van der Waals surface area contributed by atoms with Crippen molar-refractivity contribution in [3.8, 4) is 39.0 Å². The highest BCUT2D eigenvalue weighted by molar-refractivity contribution is 7.22. The SMILES string of the molecule is CCOc1ncc(-c2cc(-c3nc4cc(C)c(CC(=O)O)c(-c5ccc(Cl)cc5)c4s3)ccn2)cn1. The topological polar surface area (TPSA) is 98.1 Å². The van der Waals surface area contributed by atoms with Crippen LogP contribution >= 0.6 is 22.9 Å². The molecule has 0 saturated carbocycles. The van der Waals surface area contributed by atoms with Gasteiger partial charge in [-0.05, 0) is 60.9 Å². The molecule has 0 saturated heterocycles. The van der Waals surface area contributed by atoms with Gasteiger partial charge in [0.25, 0.3) is 0 Å². The molecule has 7 nitrogen and oxygen atoms in total. The van der Waals surface area contributed by atoms with Gasteiger partial charge in [0.2, 0.25) is 0 Å². The molecule has 9 heteroatoms. The second-order valence-electron chi connectivity index (χ2n) is 8.11. The number of carboxylic acid groups (broad SMARTS) is 1. The second-order valence-corrected chi connectivity index (χ2v) is 9.54. The number of ether oxygens (including phenoxy) is 1. The van der Waals surface area contributed by atoms with E-state index in [2.05, 4.69) is 15.0 Å². The quantitative estimate of drug-likeness (QED) is 0.264. The maximum atomic E-state index is 11.7. The predicted molar refractivity (Wildman–Crippen MR) is 142 cm³/mol. The van der Waals surface area contributed by atoms with Crippen LogP contribution in [0.1, 0.15) is 18.1 Å². The van der Waals surface area contributed by atoms with E-state index in [-0.39, 0.29) is 6.42 Å². The van der Waals surface area contributed by atoms with Gasteiger partial charge in [-0.3, -0.25) is 9.78 Å². The fourth-order valence-electron chi connectivity index (χ4n) is 4.03. The minimum Gasteiger partial charge on any atom is -0.481 e. The monoisotopic (exact) mass is 516 g/mol. The number of fused-ring (bicyclic) bond motifs is 1. The Bertz CT molecular complexity index is 1570. The van der Waals surface area contributed by atoms with E-state index < -0.39 is 5.97 Å². The fourth-order valence-corrected chi connectivity index (χ4v) is 5.29. The Morgan fingerprint density at radius 3 is 2.47 bits per heavy atom. The van der Waals surface area contributed by atoms with Crippen LogP contribution in [0.5, 0.6) is 6.01 Å². The van der Waals surface area contributed by atoms with Gasteiger partial charge in [0, 0.05) is 40.3 Å². The summed E-state index contributed by atoms with van der Waals surface area (Å²) < 4.78 is 6.25. The summed E-state index contributed by atoms with van der Waals surface area (Å²) in [5, 5.41) is 11.0. The zero-order valence-corrected chi connectivity index (χ0v) is 21.1. The Morgan fingerprint density at radius 1 is 1.03 bits per heavy atom. The van der Waals surface area contributed by atoms with Crippen molar-refractivity contribution >= 4 is 39.1 Å². The summed E-state index contributed by atoms with van der Waals surface area (Å²) in [7, 11) is 0. The smallest absolute Gasteiger partial charge is 0.316 e. The van der Waals surface area contributed by atoms with Crippen LogP contribution in [0.15, 0.2) is 61.1 Å². The summed E-state index contributed by atoms with van der Waals surface area (Å²) in [6.45, 7) is 4.30. The fraction of sp³-hybridized carbons (Fsp3) is 0.148. The minimum atomic E-state index is -0.881. The Hall–Kier alpha value is -3.88. The number of aliphatic carboxylic acids is 1. The number of aromatic nitrogens is 4. The van der Waals surface area contributed by atoms with Gasteiger partial charge < -0.3 is 9.84 Å². The van der Waals surface area contributed by atoms with Crippen LogP contribution in [0.25, 0.3) is 43.2 Å². The van der Waals surface area contributed by atoms with Crippen molar-refractivity contribution in [3.05, 3.63) is 77.2 Å². The molecule has 0 atom stereocenters. The highest BCUT2D eigenvalue weighted by atomic mass is 35.5. The van der Waals surface area contributed by atoms with Gasteiger partial charge in [-0.15, -0.1) is 11.3 Å². The molecule has 5 aromatic rings. The van der Waals surface area contributed by atoms with Gasteiger partial charge in [-0.25, -0.2) is 15.0 Å². The molecule has 0 unspecified atom stereocenters. The average molecular weight is 517 g/mol. The average Bonchev–Trinajstić information content (AvgIpc) is 3.29. The number of pyridine rings is 1. The molecule has 36 heavy (non-hydrogen) atoms. The Labute approximate surface area is 216 Å². The number of thiazole rings is 1.